The van der Waals surface area contributed by atoms with E-state index in [1.54, 1.807) is 0 Å². The van der Waals surface area contributed by atoms with Crippen LogP contribution in [-0.2, 0) is 0 Å². The molecule has 0 atom stereocenters. The first-order chi connectivity index (χ1) is 4.27. The van der Waals surface area contributed by atoms with Crippen LogP contribution in [0.15, 0.2) is 12.3 Å². The van der Waals surface area contributed by atoms with E-state index in [0.717, 1.165) is 0 Å². The molecule has 0 aromatic carbocycles. The molecular formula is C7H17NSi. The summed E-state index contributed by atoms with van der Waals surface area (Å²) in [6.07, 6.45) is 1.35. The molecule has 0 heterocycles. The summed E-state index contributed by atoms with van der Waals surface area (Å²) >= 11 is 0. The molecule has 0 aromatic rings. The average Bonchev–Trinajstić information content (AvgIpc) is 1.80. The van der Waals surface area contributed by atoms with E-state index in [4.69, 9.17) is 0 Å². The van der Waals surface area contributed by atoms with Gasteiger partial charge in [-0.2, -0.15) is 0 Å². The Morgan fingerprint density at radius 3 is 2.67 bits per heavy atom. The van der Waals surface area contributed by atoms with E-state index in [-0.39, 0.29) is 9.52 Å². The molecule has 0 aliphatic rings. The Balaban J connectivity index is 2.82. The molecule has 54 valence electrons. The molecule has 1 nitrogen and oxygen atoms in total. The van der Waals surface area contributed by atoms with Crippen molar-refractivity contribution in [2.24, 2.45) is 0 Å². The van der Waals surface area contributed by atoms with Gasteiger partial charge in [-0.05, 0) is 27.1 Å². The molecule has 0 amide bonds. The summed E-state index contributed by atoms with van der Waals surface area (Å²) in [4.78, 5) is 2.23. The van der Waals surface area contributed by atoms with Gasteiger partial charge >= 0.3 is 0 Å². The maximum atomic E-state index is 3.73. The van der Waals surface area contributed by atoms with Gasteiger partial charge in [0.05, 0.1) is 0 Å². The van der Waals surface area contributed by atoms with E-state index in [0.29, 0.717) is 0 Å². The Labute approximate surface area is 60.6 Å². The second-order valence-electron chi connectivity index (χ2n) is 2.59. The molecule has 0 fully saturated rings. The minimum absolute atomic E-state index is 0.116. The highest BCUT2D eigenvalue weighted by Gasteiger charge is 1.87. The van der Waals surface area contributed by atoms with Gasteiger partial charge in [0.25, 0.3) is 0 Å². The van der Waals surface area contributed by atoms with Crippen LogP contribution in [0.25, 0.3) is 0 Å². The van der Waals surface area contributed by atoms with Crippen LogP contribution in [0.2, 0.25) is 6.04 Å². The van der Waals surface area contributed by atoms with Crippen LogP contribution < -0.4 is 0 Å². The van der Waals surface area contributed by atoms with Gasteiger partial charge in [-0.25, -0.2) is 0 Å². The van der Waals surface area contributed by atoms with E-state index >= 15 is 0 Å². The second-order valence-corrected chi connectivity index (χ2v) is 4.45. The third-order valence-electron chi connectivity index (χ3n) is 1.26. The SMILES string of the molecule is C=C[SiH2]CCCN(C)C. The molecule has 0 rings (SSSR count). The number of hydrogen-bond acceptors (Lipinski definition) is 1. The molecule has 0 N–H and O–H groups in total. The summed E-state index contributed by atoms with van der Waals surface area (Å²) in [5.74, 6) is 0. The Morgan fingerprint density at radius 1 is 1.56 bits per heavy atom. The summed E-state index contributed by atoms with van der Waals surface area (Å²) in [6, 6.07) is 1.42. The fraction of sp³-hybridized carbons (Fsp3) is 0.714. The first-order valence-electron chi connectivity index (χ1n) is 3.53. The molecule has 9 heavy (non-hydrogen) atoms. The standard InChI is InChI=1S/C7H17NSi/c1-4-9-7-5-6-8(2)3/h4H,1,5-7,9H2,2-3H3. The molecule has 0 saturated heterocycles. The van der Waals surface area contributed by atoms with Crippen molar-refractivity contribution < 1.29 is 0 Å². The normalized spacial score (nSPS) is 11.4. The molecule has 0 spiro atoms. The smallest absolute Gasteiger partial charge is 0.0446 e. The maximum Gasteiger partial charge on any atom is 0.0446 e. The van der Waals surface area contributed by atoms with Gasteiger partial charge in [-0.1, -0.05) is 6.04 Å². The Bertz CT molecular complexity index is 71.3. The summed E-state index contributed by atoms with van der Waals surface area (Å²) in [5.41, 5.74) is 2.12. The zero-order valence-corrected chi connectivity index (χ0v) is 7.97. The van der Waals surface area contributed by atoms with Crippen molar-refractivity contribution in [3.05, 3.63) is 12.3 Å². The molecule has 0 aliphatic heterocycles. The lowest BCUT2D eigenvalue weighted by Crippen LogP contribution is -2.12. The van der Waals surface area contributed by atoms with Gasteiger partial charge in [-0.3, -0.25) is 0 Å². The number of nitrogens with zero attached hydrogens (tertiary/aromatic N) is 1. The van der Waals surface area contributed by atoms with Crippen molar-refractivity contribution in [1.29, 1.82) is 0 Å². The van der Waals surface area contributed by atoms with Gasteiger partial charge in [0.2, 0.25) is 0 Å². The van der Waals surface area contributed by atoms with E-state index in [2.05, 4.69) is 31.3 Å². The fourth-order valence-corrected chi connectivity index (χ4v) is 1.52. The van der Waals surface area contributed by atoms with E-state index in [9.17, 15) is 0 Å². The van der Waals surface area contributed by atoms with Crippen LogP contribution in [0.1, 0.15) is 6.42 Å². The topological polar surface area (TPSA) is 3.24 Å². The molecule has 0 aromatic heterocycles. The minimum atomic E-state index is 0.116. The third kappa shape index (κ3) is 7.92. The first-order valence-corrected chi connectivity index (χ1v) is 5.34. The highest BCUT2D eigenvalue weighted by molar-refractivity contribution is 6.41. The first kappa shape index (κ1) is 8.92. The summed E-state index contributed by atoms with van der Waals surface area (Å²) in [7, 11) is 4.36. The average molecular weight is 143 g/mol. The highest BCUT2D eigenvalue weighted by Crippen LogP contribution is 1.89. The van der Waals surface area contributed by atoms with Gasteiger partial charge in [0, 0.05) is 9.52 Å². The molecule has 2 heteroatoms. The molecule has 0 saturated carbocycles. The Morgan fingerprint density at radius 2 is 2.22 bits per heavy atom. The second kappa shape index (κ2) is 6.04. The molecular weight excluding hydrogens is 126 g/mol. The van der Waals surface area contributed by atoms with Crippen LogP contribution in [0.5, 0.6) is 0 Å². The van der Waals surface area contributed by atoms with Crippen LogP contribution in [0.3, 0.4) is 0 Å². The van der Waals surface area contributed by atoms with E-state index in [1.807, 2.05) is 0 Å². The van der Waals surface area contributed by atoms with Crippen LogP contribution >= 0.6 is 0 Å². The van der Waals surface area contributed by atoms with Crippen molar-refractivity contribution >= 4 is 9.52 Å². The van der Waals surface area contributed by atoms with Crippen LogP contribution in [-0.4, -0.2) is 35.1 Å². The number of hydrogen-bond donors (Lipinski definition) is 0. The van der Waals surface area contributed by atoms with Crippen molar-refractivity contribution in [3.63, 3.8) is 0 Å². The summed E-state index contributed by atoms with van der Waals surface area (Å²) < 4.78 is 0. The Kier molecular flexibility index (Phi) is 5.99. The van der Waals surface area contributed by atoms with Crippen LogP contribution in [0.4, 0.5) is 0 Å². The summed E-state index contributed by atoms with van der Waals surface area (Å²) in [6.45, 7) is 4.96. The van der Waals surface area contributed by atoms with E-state index in [1.165, 1.54) is 19.0 Å². The predicted octanol–water partition coefficient (Wildman–Crippen LogP) is 0.669. The maximum absolute atomic E-state index is 3.73. The van der Waals surface area contributed by atoms with Crippen LogP contribution in [0, 0.1) is 0 Å². The quantitative estimate of drug-likeness (QED) is 0.404. The predicted molar refractivity (Wildman–Crippen MR) is 46.7 cm³/mol. The molecule has 0 aliphatic carbocycles. The van der Waals surface area contributed by atoms with Gasteiger partial charge in [0.15, 0.2) is 0 Å². The highest BCUT2D eigenvalue weighted by atomic mass is 28.2. The minimum Gasteiger partial charge on any atom is -0.309 e. The monoisotopic (exact) mass is 143 g/mol. The lowest BCUT2D eigenvalue weighted by molar-refractivity contribution is 0.408. The fourth-order valence-electron chi connectivity index (χ4n) is 0.717. The van der Waals surface area contributed by atoms with Crippen molar-refractivity contribution in [3.8, 4) is 0 Å². The molecule has 0 bridgehead atoms. The third-order valence-corrected chi connectivity index (χ3v) is 2.58. The Hall–Kier alpha value is -0.0831. The number of rotatable bonds is 5. The zero-order chi connectivity index (χ0) is 7.11. The lowest BCUT2D eigenvalue weighted by atomic mass is 10.5. The van der Waals surface area contributed by atoms with E-state index < -0.39 is 0 Å². The van der Waals surface area contributed by atoms with Gasteiger partial charge < -0.3 is 4.90 Å². The van der Waals surface area contributed by atoms with Crippen molar-refractivity contribution in [2.45, 2.75) is 12.5 Å². The largest absolute Gasteiger partial charge is 0.309 e. The van der Waals surface area contributed by atoms with Crippen molar-refractivity contribution in [2.75, 3.05) is 20.6 Å². The summed E-state index contributed by atoms with van der Waals surface area (Å²) in [5, 5.41) is 0. The van der Waals surface area contributed by atoms with Gasteiger partial charge in [0.1, 0.15) is 0 Å². The zero-order valence-electron chi connectivity index (χ0n) is 6.56. The molecule has 0 radical (unpaired) electrons. The van der Waals surface area contributed by atoms with Crippen molar-refractivity contribution in [1.82, 2.24) is 4.90 Å². The molecule has 0 unspecified atom stereocenters. The lowest BCUT2D eigenvalue weighted by Gasteiger charge is -2.06. The van der Waals surface area contributed by atoms with Gasteiger partial charge in [-0.15, -0.1) is 12.3 Å².